The average molecular weight is 374 g/mol. The highest BCUT2D eigenvalue weighted by Gasteiger charge is 2.13. The number of nitrogens with zero attached hydrogens (tertiary/aromatic N) is 3. The molecule has 3 rings (SSSR count). The van der Waals surface area contributed by atoms with E-state index in [1.165, 1.54) is 11.1 Å². The highest BCUT2D eigenvalue weighted by atomic mass is 79.9. The molecule has 22 heavy (non-hydrogen) atoms. The molecule has 0 spiro atoms. The molecule has 112 valence electrons. The van der Waals surface area contributed by atoms with Gasteiger partial charge < -0.3 is 4.57 Å². The highest BCUT2D eigenvalue weighted by Crippen LogP contribution is 2.28. The van der Waals surface area contributed by atoms with Gasteiger partial charge in [-0.15, -0.1) is 10.2 Å². The highest BCUT2D eigenvalue weighted by molar-refractivity contribution is 9.10. The summed E-state index contributed by atoms with van der Waals surface area (Å²) in [4.78, 5) is 0. The van der Waals surface area contributed by atoms with Gasteiger partial charge in [-0.1, -0.05) is 70.2 Å². The van der Waals surface area contributed by atoms with Crippen LogP contribution < -0.4 is 0 Å². The first-order valence-corrected chi connectivity index (χ1v) is 8.76. The van der Waals surface area contributed by atoms with Crippen molar-refractivity contribution in [1.82, 2.24) is 14.8 Å². The Kier molecular flexibility index (Phi) is 4.64. The summed E-state index contributed by atoms with van der Waals surface area (Å²) in [6.07, 6.45) is 0. The van der Waals surface area contributed by atoms with Crippen LogP contribution in [0.3, 0.4) is 0 Å². The minimum atomic E-state index is 0.862. The standard InChI is InChI=1S/C17H16BrN3S/c1-12-7-3-5-9-14(12)16-19-20-17(21(16)2)22-11-13-8-4-6-10-15(13)18/h3-10H,11H2,1-2H3. The van der Waals surface area contributed by atoms with Gasteiger partial charge in [-0.05, 0) is 24.1 Å². The first kappa shape index (κ1) is 15.3. The molecule has 0 aliphatic heterocycles. The van der Waals surface area contributed by atoms with Crippen molar-refractivity contribution in [2.24, 2.45) is 7.05 Å². The van der Waals surface area contributed by atoms with Crippen LogP contribution in [0, 0.1) is 6.92 Å². The van der Waals surface area contributed by atoms with E-state index >= 15 is 0 Å². The Morgan fingerprint density at radius 2 is 1.77 bits per heavy atom. The van der Waals surface area contributed by atoms with E-state index in [0.717, 1.165) is 26.8 Å². The van der Waals surface area contributed by atoms with Crippen molar-refractivity contribution >= 4 is 27.7 Å². The van der Waals surface area contributed by atoms with Gasteiger partial charge in [0.1, 0.15) is 0 Å². The van der Waals surface area contributed by atoms with E-state index in [1.807, 2.05) is 25.2 Å². The maximum Gasteiger partial charge on any atom is 0.191 e. The SMILES string of the molecule is Cc1ccccc1-c1nnc(SCc2ccccc2Br)n1C. The molecule has 1 heterocycles. The number of thioether (sulfide) groups is 1. The van der Waals surface area contributed by atoms with E-state index < -0.39 is 0 Å². The molecule has 0 aliphatic rings. The van der Waals surface area contributed by atoms with Gasteiger partial charge in [0, 0.05) is 22.8 Å². The molecule has 0 unspecified atom stereocenters. The van der Waals surface area contributed by atoms with Gasteiger partial charge in [0.25, 0.3) is 0 Å². The monoisotopic (exact) mass is 373 g/mol. The van der Waals surface area contributed by atoms with Crippen LogP contribution in [0.25, 0.3) is 11.4 Å². The summed E-state index contributed by atoms with van der Waals surface area (Å²) in [7, 11) is 2.02. The molecule has 0 fully saturated rings. The van der Waals surface area contributed by atoms with E-state index in [4.69, 9.17) is 0 Å². The van der Waals surface area contributed by atoms with E-state index in [1.54, 1.807) is 11.8 Å². The maximum absolute atomic E-state index is 4.36. The maximum atomic E-state index is 4.36. The predicted molar refractivity (Wildman–Crippen MR) is 94.9 cm³/mol. The largest absolute Gasteiger partial charge is 0.305 e. The van der Waals surface area contributed by atoms with Crippen molar-refractivity contribution in [2.75, 3.05) is 0 Å². The molecule has 0 N–H and O–H groups in total. The second-order valence-electron chi connectivity index (χ2n) is 5.06. The Hall–Kier alpha value is -1.59. The summed E-state index contributed by atoms with van der Waals surface area (Å²) in [5, 5.41) is 9.63. The smallest absolute Gasteiger partial charge is 0.191 e. The van der Waals surface area contributed by atoms with Crippen LogP contribution in [0.15, 0.2) is 58.2 Å². The molecule has 0 bridgehead atoms. The molecule has 5 heteroatoms. The van der Waals surface area contributed by atoms with Crippen molar-refractivity contribution in [3.05, 3.63) is 64.1 Å². The molecule has 0 amide bonds. The van der Waals surface area contributed by atoms with E-state index in [9.17, 15) is 0 Å². The van der Waals surface area contributed by atoms with Gasteiger partial charge in [0.15, 0.2) is 11.0 Å². The second-order valence-corrected chi connectivity index (χ2v) is 6.86. The summed E-state index contributed by atoms with van der Waals surface area (Å²) in [6, 6.07) is 16.5. The number of hydrogen-bond donors (Lipinski definition) is 0. The summed E-state index contributed by atoms with van der Waals surface area (Å²) in [6.45, 7) is 2.10. The molecule has 2 aromatic carbocycles. The lowest BCUT2D eigenvalue weighted by atomic mass is 10.1. The van der Waals surface area contributed by atoms with Gasteiger partial charge >= 0.3 is 0 Å². The lowest BCUT2D eigenvalue weighted by molar-refractivity contribution is 0.793. The number of rotatable bonds is 4. The van der Waals surface area contributed by atoms with Gasteiger partial charge in [-0.2, -0.15) is 0 Å². The topological polar surface area (TPSA) is 30.7 Å². The fourth-order valence-corrected chi connectivity index (χ4v) is 3.78. The van der Waals surface area contributed by atoms with Gasteiger partial charge in [-0.25, -0.2) is 0 Å². The van der Waals surface area contributed by atoms with Crippen molar-refractivity contribution in [1.29, 1.82) is 0 Å². The molecular formula is C17H16BrN3S. The number of aromatic nitrogens is 3. The summed E-state index contributed by atoms with van der Waals surface area (Å²) in [5.41, 5.74) is 3.60. The summed E-state index contributed by atoms with van der Waals surface area (Å²) < 4.78 is 3.19. The van der Waals surface area contributed by atoms with Gasteiger partial charge in [0.2, 0.25) is 0 Å². The molecule has 1 aromatic heterocycles. The quantitative estimate of drug-likeness (QED) is 0.612. The normalized spacial score (nSPS) is 10.9. The zero-order valence-corrected chi connectivity index (χ0v) is 14.9. The fourth-order valence-electron chi connectivity index (χ4n) is 2.26. The lowest BCUT2D eigenvalue weighted by Crippen LogP contribution is -1.96. The van der Waals surface area contributed by atoms with Crippen LogP contribution in [-0.4, -0.2) is 14.8 Å². The third kappa shape index (κ3) is 3.10. The summed E-state index contributed by atoms with van der Waals surface area (Å²) in [5.74, 6) is 1.77. The first-order chi connectivity index (χ1) is 10.7. The number of hydrogen-bond acceptors (Lipinski definition) is 3. The van der Waals surface area contributed by atoms with E-state index in [-0.39, 0.29) is 0 Å². The summed E-state index contributed by atoms with van der Waals surface area (Å²) >= 11 is 5.28. The van der Waals surface area contributed by atoms with Crippen LogP contribution >= 0.6 is 27.7 Å². The van der Waals surface area contributed by atoms with Gasteiger partial charge in [0.05, 0.1) is 0 Å². The van der Waals surface area contributed by atoms with Crippen LogP contribution in [0.1, 0.15) is 11.1 Å². The zero-order valence-electron chi connectivity index (χ0n) is 12.5. The fraction of sp³-hybridized carbons (Fsp3) is 0.176. The van der Waals surface area contributed by atoms with Gasteiger partial charge in [-0.3, -0.25) is 0 Å². The third-order valence-electron chi connectivity index (χ3n) is 3.54. The Morgan fingerprint density at radius 1 is 1.05 bits per heavy atom. The molecule has 0 aliphatic carbocycles. The predicted octanol–water partition coefficient (Wildman–Crippen LogP) is 4.85. The first-order valence-electron chi connectivity index (χ1n) is 6.98. The molecule has 0 radical (unpaired) electrons. The van der Waals surface area contributed by atoms with Crippen molar-refractivity contribution < 1.29 is 0 Å². The number of halogens is 1. The second kappa shape index (κ2) is 6.67. The zero-order chi connectivity index (χ0) is 15.5. The van der Waals surface area contributed by atoms with E-state index in [2.05, 4.69) is 67.9 Å². The van der Waals surface area contributed by atoms with Crippen molar-refractivity contribution in [3.63, 3.8) is 0 Å². The van der Waals surface area contributed by atoms with Crippen LogP contribution in [0.5, 0.6) is 0 Å². The molecular weight excluding hydrogens is 358 g/mol. The molecule has 3 aromatic rings. The molecule has 3 nitrogen and oxygen atoms in total. The Balaban J connectivity index is 1.83. The van der Waals surface area contributed by atoms with Crippen LogP contribution in [0.4, 0.5) is 0 Å². The molecule has 0 saturated carbocycles. The Labute approximate surface area is 142 Å². The Bertz CT molecular complexity index is 798. The van der Waals surface area contributed by atoms with Crippen molar-refractivity contribution in [3.8, 4) is 11.4 Å². The Morgan fingerprint density at radius 3 is 2.55 bits per heavy atom. The molecule has 0 saturated heterocycles. The minimum absolute atomic E-state index is 0.862. The number of benzene rings is 2. The minimum Gasteiger partial charge on any atom is -0.305 e. The van der Waals surface area contributed by atoms with Crippen LogP contribution in [0.2, 0.25) is 0 Å². The van der Waals surface area contributed by atoms with Crippen LogP contribution in [-0.2, 0) is 12.8 Å². The van der Waals surface area contributed by atoms with E-state index in [0.29, 0.717) is 0 Å². The third-order valence-corrected chi connectivity index (χ3v) is 5.38. The van der Waals surface area contributed by atoms with Crippen molar-refractivity contribution in [2.45, 2.75) is 17.8 Å². The number of aryl methyl sites for hydroxylation is 1. The lowest BCUT2D eigenvalue weighted by Gasteiger charge is -2.07. The average Bonchev–Trinajstić information content (AvgIpc) is 2.88. The molecule has 0 atom stereocenters.